The third-order valence-electron chi connectivity index (χ3n) is 0. The van der Waals surface area contributed by atoms with Gasteiger partial charge in [0.15, 0.2) is 0 Å². The van der Waals surface area contributed by atoms with Gasteiger partial charge < -0.3 is 0 Å². The van der Waals surface area contributed by atoms with Crippen LogP contribution in [0.15, 0.2) is 0 Å². The average Bonchev–Trinajstić information content (AvgIpc) is 0. The molecule has 0 saturated heterocycles. The van der Waals surface area contributed by atoms with Crippen LogP contribution in [0.5, 0.6) is 0 Å². The summed E-state index contributed by atoms with van der Waals surface area (Å²) in [6.07, 6.45) is 0. The minimum absolute atomic E-state index is 0. The van der Waals surface area contributed by atoms with Crippen molar-refractivity contribution in [1.29, 1.82) is 0 Å². The van der Waals surface area contributed by atoms with Crippen LogP contribution in [0.25, 0.3) is 0 Å². The van der Waals surface area contributed by atoms with Gasteiger partial charge in [-0.2, -0.15) is 0 Å². The molecule has 7 heavy (non-hydrogen) atoms. The Kier molecular flexibility index (Phi) is 242. The fourth-order valence-electron chi connectivity index (χ4n) is 0. The van der Waals surface area contributed by atoms with Crippen LogP contribution in [0.3, 0.4) is 0 Å². The second kappa shape index (κ2) is 36.9. The molecule has 0 heterocycles. The predicted molar refractivity (Wildman–Crippen MR) is 28.8 cm³/mol. The van der Waals surface area contributed by atoms with E-state index in [9.17, 15) is 0 Å². The van der Waals surface area contributed by atoms with Crippen molar-refractivity contribution in [3.8, 4) is 0 Å². The van der Waals surface area contributed by atoms with Crippen LogP contribution >= 0.6 is 0 Å². The van der Waals surface area contributed by atoms with E-state index in [2.05, 4.69) is 0 Å². The Morgan fingerprint density at radius 1 is 0.286 bits per heavy atom. The summed E-state index contributed by atoms with van der Waals surface area (Å²) in [4.78, 5) is 0. The molecule has 0 nitrogen and oxygen atoms in total. The largest absolute Gasteiger partial charge is 0 e. The van der Waals surface area contributed by atoms with Crippen molar-refractivity contribution in [3.05, 3.63) is 0 Å². The van der Waals surface area contributed by atoms with E-state index in [1.54, 1.807) is 0 Å². The van der Waals surface area contributed by atoms with Gasteiger partial charge in [-0.25, -0.2) is 0 Å². The molecule has 0 fully saturated rings. The van der Waals surface area contributed by atoms with Gasteiger partial charge in [-0.1, -0.05) is 0 Å². The summed E-state index contributed by atoms with van der Waals surface area (Å²) in [5, 5.41) is 0. The molecule has 10 radical (unpaired) electrons. The molecular weight excluding hydrogens is 383 g/mol. The van der Waals surface area contributed by atoms with Crippen LogP contribution < -0.4 is 0 Å². The van der Waals surface area contributed by atoms with Crippen molar-refractivity contribution in [3.63, 3.8) is 0 Å². The molecule has 0 amide bonds. The predicted octanol–water partition coefficient (Wildman–Crippen LogP) is -1.91. The third kappa shape index (κ3) is 31.5. The van der Waals surface area contributed by atoms with Crippen molar-refractivity contribution in [2.75, 3.05) is 0 Å². The Hall–Kier alpha value is 8.06. The Labute approximate surface area is 232 Å². The van der Waals surface area contributed by atoms with Crippen LogP contribution in [-0.2, 0) is 52.4 Å². The van der Waals surface area contributed by atoms with Gasteiger partial charge >= 0.3 is 0 Å². The van der Waals surface area contributed by atoms with E-state index in [1.807, 2.05) is 0 Å². The first kappa shape index (κ1) is 45.8. The van der Waals surface area contributed by atoms with Crippen molar-refractivity contribution < 1.29 is 52.4 Å². The second-order valence-corrected chi connectivity index (χ2v) is 0. The average molecular weight is 383 g/mol. The molecule has 0 rings (SSSR count). The zero-order chi connectivity index (χ0) is 0. The van der Waals surface area contributed by atoms with E-state index in [1.165, 1.54) is 0 Å². The molecule has 0 aromatic rings. The maximum Gasteiger partial charge on any atom is 0 e. The molecule has 18 valence electrons. The summed E-state index contributed by atoms with van der Waals surface area (Å²) in [7, 11) is 0. The molecule has 7 heteroatoms. The molecule has 0 N–H and O–H groups in total. The first-order valence-corrected chi connectivity index (χ1v) is 0. The SMILES string of the molecule is [Ca].[Ca].[Ca].[Ca].[Ca].[Zr].[Zr]. The van der Waals surface area contributed by atoms with Crippen molar-refractivity contribution >= 4 is 189 Å². The summed E-state index contributed by atoms with van der Waals surface area (Å²) in [5.41, 5.74) is 0. The summed E-state index contributed by atoms with van der Waals surface area (Å²) in [6, 6.07) is 0. The van der Waals surface area contributed by atoms with Gasteiger partial charge in [0.2, 0.25) is 0 Å². The zero-order valence-corrected chi connectivity index (χ0v) is 20.5. The van der Waals surface area contributed by atoms with Crippen molar-refractivity contribution in [2.24, 2.45) is 0 Å². The second-order valence-electron chi connectivity index (χ2n) is 0. The normalized spacial score (nSPS) is 0. The standard InChI is InChI=1S/5Ca.2Zr. The molecule has 0 saturated carbocycles. The summed E-state index contributed by atoms with van der Waals surface area (Å²) < 4.78 is 0. The van der Waals surface area contributed by atoms with Crippen LogP contribution in [0.2, 0.25) is 0 Å². The van der Waals surface area contributed by atoms with Gasteiger partial charge in [0.05, 0.1) is 0 Å². The van der Waals surface area contributed by atoms with E-state index in [0.29, 0.717) is 0 Å². The summed E-state index contributed by atoms with van der Waals surface area (Å²) >= 11 is 0. The Bertz CT molecular complexity index is 6.04. The van der Waals surface area contributed by atoms with Crippen LogP contribution in [0, 0.1) is 0 Å². The van der Waals surface area contributed by atoms with Gasteiger partial charge in [0.1, 0.15) is 0 Å². The van der Waals surface area contributed by atoms with Gasteiger partial charge in [0, 0.05) is 241 Å². The maximum atomic E-state index is 0. The molecular formula is Ca5Zr2. The van der Waals surface area contributed by atoms with Crippen LogP contribution in [0.1, 0.15) is 0 Å². The van der Waals surface area contributed by atoms with E-state index < -0.39 is 0 Å². The minimum atomic E-state index is 0. The minimum Gasteiger partial charge on any atom is 0 e. The third-order valence-corrected chi connectivity index (χ3v) is 0. The summed E-state index contributed by atoms with van der Waals surface area (Å²) in [5.74, 6) is 0. The molecule has 0 aliphatic rings. The van der Waals surface area contributed by atoms with E-state index in [0.717, 1.165) is 0 Å². The van der Waals surface area contributed by atoms with E-state index >= 15 is 0 Å². The van der Waals surface area contributed by atoms with Gasteiger partial charge in [-0.15, -0.1) is 0 Å². The number of rotatable bonds is 0. The van der Waals surface area contributed by atoms with Crippen LogP contribution in [-0.4, -0.2) is 189 Å². The molecule has 0 aliphatic heterocycles. The van der Waals surface area contributed by atoms with Gasteiger partial charge in [0.25, 0.3) is 0 Å². The summed E-state index contributed by atoms with van der Waals surface area (Å²) in [6.45, 7) is 0. The Balaban J connectivity index is 0. The molecule has 0 aromatic heterocycles. The fraction of sp³-hybridized carbons (Fsp3) is 0. The fourth-order valence-corrected chi connectivity index (χ4v) is 0. The first-order chi connectivity index (χ1) is 0. The van der Waals surface area contributed by atoms with Crippen molar-refractivity contribution in [2.45, 2.75) is 0 Å². The van der Waals surface area contributed by atoms with Gasteiger partial charge in [-0.05, 0) is 0 Å². The Morgan fingerprint density at radius 2 is 0.286 bits per heavy atom. The van der Waals surface area contributed by atoms with Gasteiger partial charge in [-0.3, -0.25) is 0 Å². The Morgan fingerprint density at radius 3 is 0.286 bits per heavy atom. The van der Waals surface area contributed by atoms with E-state index in [4.69, 9.17) is 0 Å². The zero-order valence-electron chi connectivity index (χ0n) is 4.54. The molecule has 0 unspecified atom stereocenters. The first-order valence-electron chi connectivity index (χ1n) is 0. The monoisotopic (exact) mass is 380 g/mol. The van der Waals surface area contributed by atoms with Crippen LogP contribution in [0.4, 0.5) is 0 Å². The molecule has 0 aliphatic carbocycles. The molecule has 0 bridgehead atoms. The smallest absolute Gasteiger partial charge is 0 e. The topological polar surface area (TPSA) is 0 Å². The van der Waals surface area contributed by atoms with E-state index in [-0.39, 0.29) is 241 Å². The number of hydrogen-bond donors (Lipinski definition) is 0. The molecule has 0 atom stereocenters. The molecule has 0 spiro atoms. The quantitative estimate of drug-likeness (QED) is 0.429. The van der Waals surface area contributed by atoms with Crippen molar-refractivity contribution in [1.82, 2.24) is 0 Å². The maximum absolute atomic E-state index is 0. The molecule has 0 aromatic carbocycles. The number of hydrogen-bond acceptors (Lipinski definition) is 0.